The highest BCUT2D eigenvalue weighted by atomic mass is 35.5. The normalized spacial score (nSPS) is 12.1. The van der Waals surface area contributed by atoms with Gasteiger partial charge >= 0.3 is 5.97 Å². The van der Waals surface area contributed by atoms with E-state index in [2.05, 4.69) is 5.10 Å². The molecule has 8 heteroatoms. The Hall–Kier alpha value is -2.05. The highest BCUT2D eigenvalue weighted by Crippen LogP contribution is 2.27. The number of hydrogen-bond acceptors (Lipinski definition) is 3. The number of benzene rings is 1. The predicted octanol–water partition coefficient (Wildman–Crippen LogP) is 3.27. The zero-order valence-corrected chi connectivity index (χ0v) is 15.9. The van der Waals surface area contributed by atoms with Gasteiger partial charge in [0.05, 0.1) is 22.8 Å². The van der Waals surface area contributed by atoms with Gasteiger partial charge in [-0.05, 0) is 39.0 Å². The van der Waals surface area contributed by atoms with Crippen LogP contribution in [0.3, 0.4) is 0 Å². The van der Waals surface area contributed by atoms with Crippen LogP contribution in [0.25, 0.3) is 5.69 Å². The summed E-state index contributed by atoms with van der Waals surface area (Å²) >= 11 is 12.2. The van der Waals surface area contributed by atoms with E-state index in [1.807, 2.05) is 6.92 Å². The summed E-state index contributed by atoms with van der Waals surface area (Å²) in [6, 6.07) is 4.21. The average molecular weight is 384 g/mol. The van der Waals surface area contributed by atoms with E-state index in [0.29, 0.717) is 21.4 Å². The van der Waals surface area contributed by atoms with E-state index in [4.69, 9.17) is 28.3 Å². The van der Waals surface area contributed by atoms with Crippen molar-refractivity contribution >= 4 is 35.1 Å². The number of nitrogens with zero attached hydrogens (tertiary/aromatic N) is 3. The smallest absolute Gasteiger partial charge is 0.326 e. The van der Waals surface area contributed by atoms with Crippen molar-refractivity contribution in [3.8, 4) is 5.69 Å². The summed E-state index contributed by atoms with van der Waals surface area (Å²) < 4.78 is 1.66. The zero-order chi connectivity index (χ0) is 18.9. The summed E-state index contributed by atoms with van der Waals surface area (Å²) in [4.78, 5) is 24.7. The van der Waals surface area contributed by atoms with Crippen LogP contribution in [0, 0.1) is 13.8 Å². The number of aryl methyl sites for hydroxylation is 1. The van der Waals surface area contributed by atoms with E-state index in [0.717, 1.165) is 11.3 Å². The van der Waals surface area contributed by atoms with Crippen molar-refractivity contribution in [1.29, 1.82) is 0 Å². The first-order valence-corrected chi connectivity index (χ1v) is 8.38. The maximum atomic E-state index is 12.4. The zero-order valence-electron chi connectivity index (χ0n) is 14.4. The Morgan fingerprint density at radius 1 is 1.32 bits per heavy atom. The number of likely N-dealkylation sites (N-methyl/N-ethyl adjacent to an activating group) is 1. The lowest BCUT2D eigenvalue weighted by Crippen LogP contribution is -2.41. The molecular formula is C17H19Cl2N3O3. The second kappa shape index (κ2) is 7.45. The maximum Gasteiger partial charge on any atom is 0.326 e. The van der Waals surface area contributed by atoms with Gasteiger partial charge in [0, 0.05) is 23.3 Å². The van der Waals surface area contributed by atoms with Gasteiger partial charge < -0.3 is 10.0 Å². The minimum Gasteiger partial charge on any atom is -0.480 e. The number of carboxylic acids is 1. The summed E-state index contributed by atoms with van der Waals surface area (Å²) in [7, 11) is 1.48. The highest BCUT2D eigenvalue weighted by Gasteiger charge is 2.24. The van der Waals surface area contributed by atoms with Gasteiger partial charge in [0.2, 0.25) is 5.91 Å². The van der Waals surface area contributed by atoms with Crippen molar-refractivity contribution in [2.24, 2.45) is 0 Å². The number of rotatable bonds is 5. The molecule has 1 unspecified atom stereocenters. The molecule has 6 nitrogen and oxygen atoms in total. The number of hydrogen-bond donors (Lipinski definition) is 1. The molecule has 1 heterocycles. The van der Waals surface area contributed by atoms with Gasteiger partial charge in [-0.3, -0.25) is 4.79 Å². The van der Waals surface area contributed by atoms with E-state index >= 15 is 0 Å². The minimum absolute atomic E-state index is 0.0665. The lowest BCUT2D eigenvalue weighted by atomic mass is 10.1. The predicted molar refractivity (Wildman–Crippen MR) is 96.6 cm³/mol. The van der Waals surface area contributed by atoms with E-state index in [1.54, 1.807) is 29.8 Å². The monoisotopic (exact) mass is 383 g/mol. The molecule has 2 aromatic rings. The van der Waals surface area contributed by atoms with Crippen LogP contribution in [0.15, 0.2) is 18.2 Å². The summed E-state index contributed by atoms with van der Waals surface area (Å²) in [5.41, 5.74) is 2.87. The minimum atomic E-state index is -1.05. The second-order valence-corrected chi connectivity index (χ2v) is 6.70. The van der Waals surface area contributed by atoms with E-state index in [-0.39, 0.29) is 12.3 Å². The second-order valence-electron chi connectivity index (χ2n) is 5.85. The summed E-state index contributed by atoms with van der Waals surface area (Å²) in [6.07, 6.45) is 0.0665. The molecule has 0 spiro atoms. The molecule has 1 aromatic carbocycles. The maximum absolute atomic E-state index is 12.4. The van der Waals surface area contributed by atoms with Crippen LogP contribution in [0.5, 0.6) is 0 Å². The third-order valence-corrected chi connectivity index (χ3v) is 4.78. The van der Waals surface area contributed by atoms with Crippen LogP contribution in [-0.4, -0.2) is 44.8 Å². The van der Waals surface area contributed by atoms with Crippen LogP contribution in [0.4, 0.5) is 0 Å². The molecule has 0 radical (unpaired) electrons. The molecule has 1 atom stereocenters. The molecule has 1 aromatic heterocycles. The molecule has 134 valence electrons. The lowest BCUT2D eigenvalue weighted by Gasteiger charge is -2.21. The molecule has 0 aliphatic rings. The molecule has 0 aliphatic carbocycles. The van der Waals surface area contributed by atoms with E-state index in [9.17, 15) is 9.59 Å². The van der Waals surface area contributed by atoms with Crippen LogP contribution >= 0.6 is 23.2 Å². The standard InChI is InChI=1S/C17H19Cl2N3O3/c1-9-13(8-16(23)21(4)11(3)17(24)25)10(2)22(20-9)15-6-5-12(18)7-14(15)19/h5-7,11H,8H2,1-4H3,(H,24,25). The number of aliphatic carboxylic acids is 1. The van der Waals surface area contributed by atoms with Crippen LogP contribution in [-0.2, 0) is 16.0 Å². The molecular weight excluding hydrogens is 365 g/mol. The first kappa shape index (κ1) is 19.3. The largest absolute Gasteiger partial charge is 0.480 e. The summed E-state index contributed by atoms with van der Waals surface area (Å²) in [5, 5.41) is 14.5. The Balaban J connectivity index is 2.34. The molecule has 0 fully saturated rings. The van der Waals surface area contributed by atoms with Crippen molar-refractivity contribution in [1.82, 2.24) is 14.7 Å². The Morgan fingerprint density at radius 2 is 1.96 bits per heavy atom. The number of carbonyl (C=O) groups is 2. The molecule has 0 bridgehead atoms. The Kier molecular flexibility index (Phi) is 5.75. The van der Waals surface area contributed by atoms with Gasteiger partial charge in [0.1, 0.15) is 6.04 Å². The van der Waals surface area contributed by atoms with Gasteiger partial charge in [-0.2, -0.15) is 5.10 Å². The molecule has 0 saturated heterocycles. The molecule has 2 rings (SSSR count). The highest BCUT2D eigenvalue weighted by molar-refractivity contribution is 6.35. The Morgan fingerprint density at radius 3 is 2.52 bits per heavy atom. The van der Waals surface area contributed by atoms with E-state index in [1.165, 1.54) is 18.9 Å². The van der Waals surface area contributed by atoms with Crippen molar-refractivity contribution < 1.29 is 14.7 Å². The van der Waals surface area contributed by atoms with Crippen molar-refractivity contribution in [3.05, 3.63) is 45.2 Å². The quantitative estimate of drug-likeness (QED) is 0.859. The topological polar surface area (TPSA) is 75.4 Å². The van der Waals surface area contributed by atoms with Crippen LogP contribution < -0.4 is 0 Å². The molecule has 25 heavy (non-hydrogen) atoms. The fourth-order valence-electron chi connectivity index (χ4n) is 2.48. The van der Waals surface area contributed by atoms with Crippen molar-refractivity contribution in [2.75, 3.05) is 7.05 Å². The Labute approximate surface area is 155 Å². The fraction of sp³-hybridized carbons (Fsp3) is 0.353. The summed E-state index contributed by atoms with van der Waals surface area (Å²) in [6.45, 7) is 5.11. The van der Waals surface area contributed by atoms with Gasteiger partial charge in [-0.15, -0.1) is 0 Å². The summed E-state index contributed by atoms with van der Waals surface area (Å²) in [5.74, 6) is -1.34. The van der Waals surface area contributed by atoms with Crippen LogP contribution in [0.2, 0.25) is 10.0 Å². The third-order valence-electron chi connectivity index (χ3n) is 4.24. The number of carboxylic acid groups (broad SMARTS) is 1. The van der Waals surface area contributed by atoms with Gasteiger partial charge in [0.15, 0.2) is 0 Å². The number of aromatic nitrogens is 2. The van der Waals surface area contributed by atoms with Crippen LogP contribution in [0.1, 0.15) is 23.9 Å². The first-order chi connectivity index (χ1) is 11.6. The first-order valence-electron chi connectivity index (χ1n) is 7.62. The molecule has 1 N–H and O–H groups in total. The SMILES string of the molecule is Cc1nn(-c2ccc(Cl)cc2Cl)c(C)c1CC(=O)N(C)C(C)C(=O)O. The lowest BCUT2D eigenvalue weighted by molar-refractivity contribution is -0.148. The molecule has 1 amide bonds. The van der Waals surface area contributed by atoms with E-state index < -0.39 is 12.0 Å². The third kappa shape index (κ3) is 3.96. The van der Waals surface area contributed by atoms with Gasteiger partial charge in [-0.1, -0.05) is 23.2 Å². The number of amides is 1. The van der Waals surface area contributed by atoms with Crippen molar-refractivity contribution in [3.63, 3.8) is 0 Å². The number of halogens is 2. The van der Waals surface area contributed by atoms with Crippen molar-refractivity contribution in [2.45, 2.75) is 33.2 Å². The van der Waals surface area contributed by atoms with Gasteiger partial charge in [0.25, 0.3) is 0 Å². The molecule has 0 aliphatic heterocycles. The fourth-order valence-corrected chi connectivity index (χ4v) is 2.96. The Bertz CT molecular complexity index is 833. The van der Waals surface area contributed by atoms with Gasteiger partial charge in [-0.25, -0.2) is 9.48 Å². The average Bonchev–Trinajstić information content (AvgIpc) is 2.81. The number of carbonyl (C=O) groups excluding carboxylic acids is 1. The molecule has 0 saturated carbocycles.